The number of rotatable bonds is 8. The highest BCUT2D eigenvalue weighted by Gasteiger charge is 2.31. The Labute approximate surface area is 167 Å². The van der Waals surface area contributed by atoms with Crippen molar-refractivity contribution >= 4 is 9.84 Å². The number of benzene rings is 1. The van der Waals surface area contributed by atoms with Gasteiger partial charge in [0.15, 0.2) is 9.84 Å². The number of hydrogen-bond acceptors (Lipinski definition) is 6. The summed E-state index contributed by atoms with van der Waals surface area (Å²) in [7, 11) is 0.765. The van der Waals surface area contributed by atoms with Crippen LogP contribution < -0.4 is 9.47 Å². The van der Waals surface area contributed by atoms with Gasteiger partial charge in [0.2, 0.25) is 0 Å². The molecule has 1 aromatic heterocycles. The second-order valence-electron chi connectivity index (χ2n) is 7.41. The van der Waals surface area contributed by atoms with E-state index in [9.17, 15) is 8.42 Å². The molecule has 0 saturated carbocycles. The van der Waals surface area contributed by atoms with Gasteiger partial charge in [0.25, 0.3) is 0 Å². The molecule has 0 N–H and O–H groups in total. The lowest BCUT2D eigenvalue weighted by molar-refractivity contribution is 0.232. The Morgan fingerprint density at radius 2 is 1.89 bits per heavy atom. The van der Waals surface area contributed by atoms with Gasteiger partial charge in [-0.15, -0.1) is 0 Å². The van der Waals surface area contributed by atoms with Gasteiger partial charge in [0, 0.05) is 24.3 Å². The summed E-state index contributed by atoms with van der Waals surface area (Å²) in [5.41, 5.74) is 3.18. The SMILES string of the molecule is COc1ccc(OCCN(C)Cc2c(C)nn([C@H]3CCS(=O)(=O)C3)c2C)cc1. The van der Waals surface area contributed by atoms with Crippen LogP contribution in [0.1, 0.15) is 29.4 Å². The normalized spacial score (nSPS) is 18.5. The van der Waals surface area contributed by atoms with E-state index in [1.54, 1.807) is 7.11 Å². The third-order valence-corrected chi connectivity index (χ3v) is 7.01. The average Bonchev–Trinajstić information content (AvgIpc) is 3.15. The van der Waals surface area contributed by atoms with Gasteiger partial charge in [-0.1, -0.05) is 0 Å². The average molecular weight is 408 g/mol. The maximum absolute atomic E-state index is 11.8. The Bertz CT molecular complexity index is 906. The number of methoxy groups -OCH3 is 1. The molecule has 1 aliphatic rings. The first-order chi connectivity index (χ1) is 13.3. The number of aromatic nitrogens is 2. The van der Waals surface area contributed by atoms with Crippen LogP contribution in [-0.4, -0.2) is 61.9 Å². The van der Waals surface area contributed by atoms with Gasteiger partial charge in [-0.25, -0.2) is 8.42 Å². The fourth-order valence-electron chi connectivity index (χ4n) is 3.59. The van der Waals surface area contributed by atoms with Crippen LogP contribution in [0.4, 0.5) is 0 Å². The van der Waals surface area contributed by atoms with Crippen molar-refractivity contribution in [1.82, 2.24) is 14.7 Å². The minimum absolute atomic E-state index is 0.0406. The van der Waals surface area contributed by atoms with Crippen molar-refractivity contribution in [3.63, 3.8) is 0 Å². The first-order valence-corrected chi connectivity index (χ1v) is 11.3. The van der Waals surface area contributed by atoms with Gasteiger partial charge in [0.05, 0.1) is 30.4 Å². The van der Waals surface area contributed by atoms with Gasteiger partial charge >= 0.3 is 0 Å². The largest absolute Gasteiger partial charge is 0.497 e. The number of likely N-dealkylation sites (N-methyl/N-ethyl adjacent to an activating group) is 1. The lowest BCUT2D eigenvalue weighted by Gasteiger charge is -2.18. The van der Waals surface area contributed by atoms with Crippen LogP contribution >= 0.6 is 0 Å². The summed E-state index contributed by atoms with van der Waals surface area (Å²) in [6, 6.07) is 7.51. The number of nitrogens with zero attached hydrogens (tertiary/aromatic N) is 3. The molecular formula is C20H29N3O4S. The minimum atomic E-state index is -2.93. The monoisotopic (exact) mass is 407 g/mol. The molecule has 28 heavy (non-hydrogen) atoms. The molecule has 3 rings (SSSR count). The van der Waals surface area contributed by atoms with Crippen molar-refractivity contribution in [2.45, 2.75) is 32.9 Å². The molecule has 2 heterocycles. The van der Waals surface area contributed by atoms with Crippen LogP contribution in [-0.2, 0) is 16.4 Å². The number of ether oxygens (including phenoxy) is 2. The predicted octanol–water partition coefficient (Wildman–Crippen LogP) is 2.38. The maximum atomic E-state index is 11.8. The van der Waals surface area contributed by atoms with Gasteiger partial charge in [-0.2, -0.15) is 5.10 Å². The number of hydrogen-bond donors (Lipinski definition) is 0. The van der Waals surface area contributed by atoms with Gasteiger partial charge in [0.1, 0.15) is 18.1 Å². The maximum Gasteiger partial charge on any atom is 0.152 e. The Balaban J connectivity index is 1.55. The van der Waals surface area contributed by atoms with Crippen LogP contribution in [0.25, 0.3) is 0 Å². The van der Waals surface area contributed by atoms with Crippen LogP contribution in [0.3, 0.4) is 0 Å². The smallest absolute Gasteiger partial charge is 0.152 e. The molecule has 1 aliphatic heterocycles. The summed E-state index contributed by atoms with van der Waals surface area (Å²) in [6.07, 6.45) is 0.648. The standard InChI is InChI=1S/C20H29N3O4S/c1-15-20(16(2)23(21-15)17-9-12-28(24,25)14-17)13-22(3)10-11-27-19-7-5-18(26-4)6-8-19/h5-8,17H,9-14H2,1-4H3/t17-/m0/s1. The summed E-state index contributed by atoms with van der Waals surface area (Å²) in [5, 5.41) is 4.64. The molecule has 0 spiro atoms. The zero-order valence-electron chi connectivity index (χ0n) is 17.0. The van der Waals surface area contributed by atoms with E-state index in [2.05, 4.69) is 10.00 Å². The van der Waals surface area contributed by atoms with Crippen LogP contribution in [0.5, 0.6) is 11.5 Å². The molecule has 1 saturated heterocycles. The molecule has 0 bridgehead atoms. The summed E-state index contributed by atoms with van der Waals surface area (Å²) in [4.78, 5) is 2.19. The first-order valence-electron chi connectivity index (χ1n) is 9.49. The van der Waals surface area contributed by atoms with Gasteiger partial charge in [-0.05, 0) is 51.6 Å². The van der Waals surface area contributed by atoms with Crippen molar-refractivity contribution in [3.05, 3.63) is 41.2 Å². The molecule has 1 fully saturated rings. The van der Waals surface area contributed by atoms with E-state index < -0.39 is 9.84 Å². The number of aryl methyl sites for hydroxylation is 1. The third-order valence-electron chi connectivity index (χ3n) is 5.26. The van der Waals surface area contributed by atoms with E-state index in [0.717, 1.165) is 41.5 Å². The second kappa shape index (κ2) is 8.53. The van der Waals surface area contributed by atoms with Crippen LogP contribution in [0.15, 0.2) is 24.3 Å². The van der Waals surface area contributed by atoms with Gasteiger partial charge < -0.3 is 9.47 Å². The fourth-order valence-corrected chi connectivity index (χ4v) is 5.28. The molecule has 0 radical (unpaired) electrons. The van der Waals surface area contributed by atoms with E-state index in [1.165, 1.54) is 0 Å². The molecule has 0 amide bonds. The van der Waals surface area contributed by atoms with Crippen molar-refractivity contribution in [1.29, 1.82) is 0 Å². The highest BCUT2D eigenvalue weighted by Crippen LogP contribution is 2.27. The molecular weight excluding hydrogens is 378 g/mol. The van der Waals surface area contributed by atoms with Crippen molar-refractivity contribution < 1.29 is 17.9 Å². The van der Waals surface area contributed by atoms with E-state index in [1.807, 2.05) is 49.8 Å². The molecule has 154 valence electrons. The third kappa shape index (κ3) is 4.86. The predicted molar refractivity (Wildman–Crippen MR) is 109 cm³/mol. The molecule has 7 nitrogen and oxygen atoms in total. The Morgan fingerprint density at radius 1 is 1.21 bits per heavy atom. The molecule has 2 aromatic rings. The zero-order valence-corrected chi connectivity index (χ0v) is 17.8. The van der Waals surface area contributed by atoms with Crippen molar-refractivity contribution in [3.8, 4) is 11.5 Å². The molecule has 0 aliphatic carbocycles. The molecule has 1 atom stereocenters. The summed E-state index contributed by atoms with van der Waals surface area (Å²) in [6.45, 7) is 6.12. The second-order valence-corrected chi connectivity index (χ2v) is 9.64. The van der Waals surface area contributed by atoms with Crippen LogP contribution in [0, 0.1) is 13.8 Å². The Morgan fingerprint density at radius 3 is 2.50 bits per heavy atom. The quantitative estimate of drug-likeness (QED) is 0.669. The van der Waals surface area contributed by atoms with E-state index >= 15 is 0 Å². The first kappa shape index (κ1) is 20.7. The Hall–Kier alpha value is -2.06. The zero-order chi connectivity index (χ0) is 20.3. The minimum Gasteiger partial charge on any atom is -0.497 e. The van der Waals surface area contributed by atoms with Crippen molar-refractivity contribution in [2.75, 3.05) is 38.8 Å². The topological polar surface area (TPSA) is 73.7 Å². The summed E-state index contributed by atoms with van der Waals surface area (Å²) in [5.74, 6) is 2.08. The van der Waals surface area contributed by atoms with E-state index in [-0.39, 0.29) is 17.5 Å². The summed E-state index contributed by atoms with van der Waals surface area (Å²) < 4.78 is 36.5. The molecule has 1 aromatic carbocycles. The van der Waals surface area contributed by atoms with Crippen molar-refractivity contribution in [2.24, 2.45) is 0 Å². The highest BCUT2D eigenvalue weighted by molar-refractivity contribution is 7.91. The Kier molecular flexibility index (Phi) is 6.30. The molecule has 8 heteroatoms. The highest BCUT2D eigenvalue weighted by atomic mass is 32.2. The lowest BCUT2D eigenvalue weighted by atomic mass is 10.1. The number of sulfone groups is 1. The lowest BCUT2D eigenvalue weighted by Crippen LogP contribution is -2.24. The van der Waals surface area contributed by atoms with E-state index in [0.29, 0.717) is 13.0 Å². The van der Waals surface area contributed by atoms with E-state index in [4.69, 9.17) is 9.47 Å². The molecule has 0 unspecified atom stereocenters. The van der Waals surface area contributed by atoms with Crippen LogP contribution in [0.2, 0.25) is 0 Å². The van der Waals surface area contributed by atoms with Gasteiger partial charge in [-0.3, -0.25) is 9.58 Å². The fraction of sp³-hybridized carbons (Fsp3) is 0.550. The summed E-state index contributed by atoms with van der Waals surface area (Å²) >= 11 is 0.